The molecule has 58 heavy (non-hydrogen) atoms. The Bertz CT molecular complexity index is 2080. The van der Waals surface area contributed by atoms with Gasteiger partial charge in [0, 0.05) is 55.8 Å². The Morgan fingerprint density at radius 1 is 0.983 bits per heavy atom. The highest BCUT2D eigenvalue weighted by Crippen LogP contribution is 2.49. The van der Waals surface area contributed by atoms with Crippen LogP contribution in [0.5, 0.6) is 11.5 Å². The Hall–Kier alpha value is -4.39. The van der Waals surface area contributed by atoms with Crippen LogP contribution in [0, 0.1) is 17.8 Å². The van der Waals surface area contributed by atoms with Gasteiger partial charge in [-0.25, -0.2) is 9.97 Å². The van der Waals surface area contributed by atoms with E-state index in [1.54, 1.807) is 20.5 Å². The molecule has 4 aromatic rings. The summed E-state index contributed by atoms with van der Waals surface area (Å²) in [6.07, 6.45) is 12.3. The molecule has 3 aliphatic carbocycles. The van der Waals surface area contributed by atoms with E-state index in [-0.39, 0.29) is 29.6 Å². The maximum absolute atomic E-state index is 13.0. The third kappa shape index (κ3) is 8.51. The molecule has 2 aromatic carbocycles. The van der Waals surface area contributed by atoms with E-state index in [9.17, 15) is 4.79 Å². The number of aromatic nitrogens is 3. The summed E-state index contributed by atoms with van der Waals surface area (Å²) in [5.74, 6) is 3.30. The Balaban J connectivity index is 0.921. The molecule has 4 N–H and O–H groups in total. The molecule has 0 spiro atoms. The van der Waals surface area contributed by atoms with E-state index in [0.717, 1.165) is 84.2 Å². The largest absolute Gasteiger partial charge is 0.497 e. The maximum atomic E-state index is 13.0. The molecule has 12 nitrogen and oxygen atoms in total. The molecule has 4 atom stereocenters. The fourth-order valence-electron chi connectivity index (χ4n) is 9.67. The second-order valence-electron chi connectivity index (χ2n) is 18.7. The normalized spacial score (nSPS) is 25.3. The van der Waals surface area contributed by atoms with E-state index >= 15 is 0 Å². The molecule has 12 heteroatoms. The van der Waals surface area contributed by atoms with Gasteiger partial charge in [-0.15, -0.1) is 0 Å². The maximum Gasteiger partial charge on any atom is 0.224 e. The van der Waals surface area contributed by atoms with Crippen molar-refractivity contribution < 1.29 is 23.7 Å². The van der Waals surface area contributed by atoms with Gasteiger partial charge < -0.3 is 39.9 Å². The predicted molar refractivity (Wildman–Crippen MR) is 228 cm³/mol. The van der Waals surface area contributed by atoms with Crippen molar-refractivity contribution in [3.8, 4) is 11.5 Å². The van der Waals surface area contributed by atoms with Crippen molar-refractivity contribution in [2.75, 3.05) is 43.7 Å². The van der Waals surface area contributed by atoms with E-state index in [2.05, 4.69) is 64.2 Å². The average molecular weight is 794 g/mol. The minimum atomic E-state index is -0.658. The van der Waals surface area contributed by atoms with Gasteiger partial charge in [0.25, 0.3) is 0 Å². The standard InChI is InChI=1S/C46H63N7O5/c1-45(2,3)32-13-15-37(36(47)22-32)51-40(54)16-11-29-19-33(20-29)52(25-28-9-8-10-28)26-31-21-38(42-41(31)57-46(4,5)58-42)53-18-17-35-43(49-27-50-44(35)53)48-24-30-12-14-34(55-6)23-39(30)56-7/h12-15,17-18,22-23,27-29,31,33,38,41-42H,8-11,16,19-21,24-26,47H2,1-7H3,(H,51,54)(H,48,49,50)/t29-,31-,33+,38-,41-,42+/m1/s1. The summed E-state index contributed by atoms with van der Waals surface area (Å²) in [5, 5.41) is 7.57. The highest BCUT2D eigenvalue weighted by Gasteiger charge is 2.55. The van der Waals surface area contributed by atoms with Crippen LogP contribution in [-0.2, 0) is 26.2 Å². The first kappa shape index (κ1) is 40.4. The number of hydrogen-bond acceptors (Lipinski definition) is 10. The number of hydrogen-bond donors (Lipinski definition) is 3. The van der Waals surface area contributed by atoms with Crippen LogP contribution >= 0.6 is 0 Å². The van der Waals surface area contributed by atoms with Crippen molar-refractivity contribution in [3.63, 3.8) is 0 Å². The zero-order valence-corrected chi connectivity index (χ0v) is 35.4. The minimum absolute atomic E-state index is 0.00451. The summed E-state index contributed by atoms with van der Waals surface area (Å²) in [7, 11) is 3.32. The molecular formula is C46H63N7O5. The van der Waals surface area contributed by atoms with Crippen molar-refractivity contribution in [1.29, 1.82) is 0 Å². The summed E-state index contributed by atoms with van der Waals surface area (Å²) in [4.78, 5) is 25.3. The fraction of sp³-hybridized carbons (Fsp3) is 0.587. The van der Waals surface area contributed by atoms with Crippen LogP contribution in [0.2, 0.25) is 0 Å². The zero-order chi connectivity index (χ0) is 40.8. The van der Waals surface area contributed by atoms with Crippen LogP contribution < -0.4 is 25.8 Å². The molecule has 2 aromatic heterocycles. The summed E-state index contributed by atoms with van der Waals surface area (Å²) in [5.41, 5.74) is 10.7. The Kier molecular flexibility index (Phi) is 11.4. The second kappa shape index (κ2) is 16.3. The Labute approximate surface area is 343 Å². The van der Waals surface area contributed by atoms with Crippen molar-refractivity contribution in [1.82, 2.24) is 19.4 Å². The first-order valence-electron chi connectivity index (χ1n) is 21.3. The van der Waals surface area contributed by atoms with Crippen LogP contribution in [0.4, 0.5) is 17.2 Å². The molecule has 3 saturated carbocycles. The molecule has 1 amide bonds. The lowest BCUT2D eigenvalue weighted by atomic mass is 9.75. The van der Waals surface area contributed by atoms with Crippen molar-refractivity contribution >= 4 is 34.1 Å². The third-order valence-corrected chi connectivity index (χ3v) is 13.2. The monoisotopic (exact) mass is 793 g/mol. The van der Waals surface area contributed by atoms with Gasteiger partial charge in [-0.3, -0.25) is 9.69 Å². The van der Waals surface area contributed by atoms with Crippen LogP contribution in [-0.4, -0.2) is 76.7 Å². The number of nitrogens with two attached hydrogens (primary N) is 1. The molecule has 4 aliphatic rings. The van der Waals surface area contributed by atoms with Gasteiger partial charge in [-0.05, 0) is 106 Å². The second-order valence-corrected chi connectivity index (χ2v) is 18.7. The van der Waals surface area contributed by atoms with Gasteiger partial charge in [0.2, 0.25) is 5.91 Å². The summed E-state index contributed by atoms with van der Waals surface area (Å²) >= 11 is 0. The van der Waals surface area contributed by atoms with Crippen molar-refractivity contribution in [2.45, 2.75) is 128 Å². The number of methoxy groups -OCH3 is 2. The molecule has 0 unspecified atom stereocenters. The lowest BCUT2D eigenvalue weighted by Crippen LogP contribution is -2.50. The smallest absolute Gasteiger partial charge is 0.224 e. The van der Waals surface area contributed by atoms with Gasteiger partial charge in [0.05, 0.1) is 43.1 Å². The molecular weight excluding hydrogens is 731 g/mol. The first-order chi connectivity index (χ1) is 27.8. The van der Waals surface area contributed by atoms with E-state index < -0.39 is 5.79 Å². The highest BCUT2D eigenvalue weighted by atomic mass is 16.8. The van der Waals surface area contributed by atoms with Gasteiger partial charge in [0.15, 0.2) is 5.79 Å². The highest BCUT2D eigenvalue weighted by molar-refractivity contribution is 5.94. The lowest BCUT2D eigenvalue weighted by molar-refractivity contribution is -0.161. The number of benzene rings is 2. The number of nitrogens with one attached hydrogen (secondary N) is 2. The van der Waals surface area contributed by atoms with E-state index in [4.69, 9.17) is 29.7 Å². The molecule has 1 saturated heterocycles. The molecule has 0 bridgehead atoms. The molecule has 3 heterocycles. The Morgan fingerprint density at radius 2 is 1.78 bits per heavy atom. The van der Waals surface area contributed by atoms with Crippen molar-refractivity contribution in [3.05, 3.63) is 66.1 Å². The number of carbonyl (C=O) groups is 1. The summed E-state index contributed by atoms with van der Waals surface area (Å²) in [6.45, 7) is 13.2. The summed E-state index contributed by atoms with van der Waals surface area (Å²) in [6, 6.07) is 14.5. The quantitative estimate of drug-likeness (QED) is 0.101. The van der Waals surface area contributed by atoms with Crippen LogP contribution in [0.25, 0.3) is 11.0 Å². The SMILES string of the molecule is COc1ccc(CNc2ncnc3c2ccn3[C@@H]2C[C@H](CN(CC3CCC3)[C@H]3C[C@@H](CCC(=O)Nc4ccc(C(C)(C)C)cc4N)C3)[C@H]3OC(C)(C)O[C@H]32)c(OC)c1. The Morgan fingerprint density at radius 3 is 2.48 bits per heavy atom. The zero-order valence-electron chi connectivity index (χ0n) is 35.4. The number of fused-ring (bicyclic) bond motifs is 2. The molecule has 4 fully saturated rings. The molecule has 312 valence electrons. The fourth-order valence-corrected chi connectivity index (χ4v) is 9.67. The lowest BCUT2D eigenvalue weighted by Gasteiger charge is -2.46. The number of carbonyl (C=O) groups excluding carboxylic acids is 1. The average Bonchev–Trinajstić information content (AvgIpc) is 3.82. The van der Waals surface area contributed by atoms with Gasteiger partial charge >= 0.3 is 0 Å². The number of rotatable bonds is 15. The third-order valence-electron chi connectivity index (χ3n) is 13.2. The van der Waals surface area contributed by atoms with Crippen molar-refractivity contribution in [2.24, 2.45) is 17.8 Å². The van der Waals surface area contributed by atoms with Gasteiger partial charge in [0.1, 0.15) is 35.4 Å². The van der Waals surface area contributed by atoms with Crippen LogP contribution in [0.1, 0.15) is 103 Å². The van der Waals surface area contributed by atoms with E-state index in [1.807, 2.05) is 44.2 Å². The number of ether oxygens (including phenoxy) is 4. The van der Waals surface area contributed by atoms with E-state index in [0.29, 0.717) is 42.2 Å². The molecule has 1 aliphatic heterocycles. The number of anilines is 3. The number of amides is 1. The van der Waals surface area contributed by atoms with Crippen LogP contribution in [0.3, 0.4) is 0 Å². The number of nitrogens with zero attached hydrogens (tertiary/aromatic N) is 4. The summed E-state index contributed by atoms with van der Waals surface area (Å²) < 4.78 is 26.8. The topological polar surface area (TPSA) is 138 Å². The van der Waals surface area contributed by atoms with Gasteiger partial charge in [-0.1, -0.05) is 33.3 Å². The predicted octanol–water partition coefficient (Wildman–Crippen LogP) is 8.32. The number of nitrogen functional groups attached to an aromatic ring is 1. The van der Waals surface area contributed by atoms with Crippen LogP contribution in [0.15, 0.2) is 55.0 Å². The minimum Gasteiger partial charge on any atom is -0.497 e. The van der Waals surface area contributed by atoms with E-state index in [1.165, 1.54) is 19.3 Å². The molecule has 8 rings (SSSR count). The first-order valence-corrected chi connectivity index (χ1v) is 21.3. The molecule has 0 radical (unpaired) electrons. The van der Waals surface area contributed by atoms with Gasteiger partial charge in [-0.2, -0.15) is 0 Å².